The number of hydrogen-bond acceptors (Lipinski definition) is 2. The first-order valence-electron chi connectivity index (χ1n) is 9.37. The summed E-state index contributed by atoms with van der Waals surface area (Å²) in [5.41, 5.74) is 6.40. The second kappa shape index (κ2) is 10.4. The third-order valence-electron chi connectivity index (χ3n) is 4.34. The van der Waals surface area contributed by atoms with Crippen LogP contribution in [-0.4, -0.2) is 12.6 Å². The van der Waals surface area contributed by atoms with E-state index in [-0.39, 0.29) is 6.09 Å². The number of carbonyl (C=O) groups excluding carboxylic acids is 1. The summed E-state index contributed by atoms with van der Waals surface area (Å²) < 4.78 is 5.20. The van der Waals surface area contributed by atoms with Gasteiger partial charge in [0, 0.05) is 6.54 Å². The van der Waals surface area contributed by atoms with Gasteiger partial charge in [0.05, 0.1) is 0 Å². The van der Waals surface area contributed by atoms with Crippen molar-refractivity contribution < 1.29 is 9.53 Å². The lowest BCUT2D eigenvalue weighted by molar-refractivity contribution is 0.140. The number of amides is 1. The Morgan fingerprint density at radius 2 is 1.73 bits per heavy atom. The average molecular weight is 351 g/mol. The van der Waals surface area contributed by atoms with Crippen molar-refractivity contribution in [2.24, 2.45) is 0 Å². The van der Waals surface area contributed by atoms with E-state index in [1.807, 2.05) is 30.3 Å². The summed E-state index contributed by atoms with van der Waals surface area (Å²) in [5, 5.41) is 2.79. The van der Waals surface area contributed by atoms with Crippen molar-refractivity contribution >= 4 is 12.2 Å². The molecule has 138 valence electrons. The fourth-order valence-electron chi connectivity index (χ4n) is 2.99. The van der Waals surface area contributed by atoms with E-state index in [0.717, 1.165) is 24.8 Å². The number of benzene rings is 2. The fraction of sp³-hybridized carbons (Fsp3) is 0.348. The molecule has 0 unspecified atom stereocenters. The highest BCUT2D eigenvalue weighted by Gasteiger charge is 2.05. The Labute approximate surface area is 157 Å². The molecule has 0 heterocycles. The van der Waals surface area contributed by atoms with Crippen molar-refractivity contribution in [2.75, 3.05) is 6.54 Å². The van der Waals surface area contributed by atoms with Gasteiger partial charge in [-0.3, -0.25) is 0 Å². The summed E-state index contributed by atoms with van der Waals surface area (Å²) >= 11 is 0. The SMILES string of the molecule is CCc1cc(C)cc(CC)c1C=CCCNC(=O)OCc1ccccc1. The lowest BCUT2D eigenvalue weighted by atomic mass is 9.94. The molecule has 26 heavy (non-hydrogen) atoms. The highest BCUT2D eigenvalue weighted by molar-refractivity contribution is 5.67. The van der Waals surface area contributed by atoms with E-state index in [9.17, 15) is 4.79 Å². The molecule has 0 aliphatic carbocycles. The van der Waals surface area contributed by atoms with Crippen LogP contribution < -0.4 is 5.32 Å². The fourth-order valence-corrected chi connectivity index (χ4v) is 2.99. The Balaban J connectivity index is 1.80. The first-order valence-corrected chi connectivity index (χ1v) is 9.37. The van der Waals surface area contributed by atoms with Gasteiger partial charge in [-0.2, -0.15) is 0 Å². The van der Waals surface area contributed by atoms with Crippen LogP contribution in [0.2, 0.25) is 0 Å². The van der Waals surface area contributed by atoms with Crippen LogP contribution in [0.15, 0.2) is 48.5 Å². The minimum absolute atomic E-state index is 0.297. The first kappa shape index (κ1) is 19.8. The van der Waals surface area contributed by atoms with Gasteiger partial charge in [-0.25, -0.2) is 4.79 Å². The van der Waals surface area contributed by atoms with Crippen LogP contribution in [-0.2, 0) is 24.2 Å². The largest absolute Gasteiger partial charge is 0.445 e. The number of alkyl carbamates (subject to hydrolysis) is 1. The minimum Gasteiger partial charge on any atom is -0.445 e. The predicted molar refractivity (Wildman–Crippen MR) is 108 cm³/mol. The van der Waals surface area contributed by atoms with Crippen molar-refractivity contribution in [1.82, 2.24) is 5.32 Å². The summed E-state index contributed by atoms with van der Waals surface area (Å²) in [5.74, 6) is 0. The molecule has 2 aromatic carbocycles. The maximum absolute atomic E-state index is 11.7. The lowest BCUT2D eigenvalue weighted by Gasteiger charge is -2.11. The molecule has 0 fully saturated rings. The topological polar surface area (TPSA) is 38.3 Å². The Bertz CT molecular complexity index is 710. The molecular formula is C23H29NO2. The van der Waals surface area contributed by atoms with Crippen molar-refractivity contribution in [1.29, 1.82) is 0 Å². The van der Waals surface area contributed by atoms with Crippen molar-refractivity contribution in [2.45, 2.75) is 46.6 Å². The van der Waals surface area contributed by atoms with Gasteiger partial charge in [0.2, 0.25) is 0 Å². The molecule has 3 nitrogen and oxygen atoms in total. The molecule has 3 heteroatoms. The van der Waals surface area contributed by atoms with Gasteiger partial charge in [0.15, 0.2) is 0 Å². The van der Waals surface area contributed by atoms with Gasteiger partial charge < -0.3 is 10.1 Å². The van der Waals surface area contributed by atoms with Gasteiger partial charge in [-0.15, -0.1) is 0 Å². The number of rotatable bonds is 8. The third kappa shape index (κ3) is 6.07. The van der Waals surface area contributed by atoms with Crippen LogP contribution in [0.25, 0.3) is 6.08 Å². The molecule has 0 saturated carbocycles. The van der Waals surface area contributed by atoms with Gasteiger partial charge in [0.25, 0.3) is 0 Å². The Morgan fingerprint density at radius 1 is 1.08 bits per heavy atom. The Kier molecular flexibility index (Phi) is 7.94. The van der Waals surface area contributed by atoms with Crippen LogP contribution >= 0.6 is 0 Å². The summed E-state index contributed by atoms with van der Waals surface area (Å²) in [7, 11) is 0. The molecule has 0 aromatic heterocycles. The monoisotopic (exact) mass is 351 g/mol. The van der Waals surface area contributed by atoms with E-state index in [4.69, 9.17) is 4.74 Å². The highest BCUT2D eigenvalue weighted by atomic mass is 16.5. The maximum atomic E-state index is 11.7. The van der Waals surface area contributed by atoms with Crippen LogP contribution in [0, 0.1) is 6.92 Å². The third-order valence-corrected chi connectivity index (χ3v) is 4.34. The zero-order valence-electron chi connectivity index (χ0n) is 16.0. The van der Waals surface area contributed by atoms with E-state index in [2.05, 4.69) is 50.4 Å². The molecule has 0 aliphatic rings. The van der Waals surface area contributed by atoms with Crippen molar-refractivity contribution in [3.63, 3.8) is 0 Å². The first-order chi connectivity index (χ1) is 12.6. The Hall–Kier alpha value is -2.55. The van der Waals surface area contributed by atoms with E-state index in [1.165, 1.54) is 22.3 Å². The smallest absolute Gasteiger partial charge is 0.407 e. The molecule has 1 amide bonds. The van der Waals surface area contributed by atoms with Crippen LogP contribution in [0.5, 0.6) is 0 Å². The second-order valence-electron chi connectivity index (χ2n) is 6.38. The van der Waals surface area contributed by atoms with Gasteiger partial charge in [-0.1, -0.05) is 74.0 Å². The minimum atomic E-state index is -0.374. The number of carbonyl (C=O) groups is 1. The average Bonchev–Trinajstić information content (AvgIpc) is 2.67. The molecule has 0 bridgehead atoms. The molecule has 2 rings (SSSR count). The molecule has 0 spiro atoms. The van der Waals surface area contributed by atoms with Crippen LogP contribution in [0.4, 0.5) is 4.79 Å². The second-order valence-corrected chi connectivity index (χ2v) is 6.38. The van der Waals surface area contributed by atoms with E-state index < -0.39 is 0 Å². The van der Waals surface area contributed by atoms with Crippen molar-refractivity contribution in [3.8, 4) is 0 Å². The predicted octanol–water partition coefficient (Wildman–Crippen LogP) is 5.45. The van der Waals surface area contributed by atoms with Gasteiger partial charge in [0.1, 0.15) is 6.61 Å². The van der Waals surface area contributed by atoms with E-state index in [0.29, 0.717) is 13.2 Å². The lowest BCUT2D eigenvalue weighted by Crippen LogP contribution is -2.24. The number of hydrogen-bond donors (Lipinski definition) is 1. The Morgan fingerprint density at radius 3 is 2.35 bits per heavy atom. The van der Waals surface area contributed by atoms with Crippen LogP contribution in [0.1, 0.15) is 48.1 Å². The molecule has 0 radical (unpaired) electrons. The van der Waals surface area contributed by atoms with E-state index >= 15 is 0 Å². The maximum Gasteiger partial charge on any atom is 0.407 e. The summed E-state index contributed by atoms with van der Waals surface area (Å²) in [6.07, 6.45) is 6.77. The molecular weight excluding hydrogens is 322 g/mol. The van der Waals surface area contributed by atoms with E-state index in [1.54, 1.807) is 0 Å². The molecule has 1 N–H and O–H groups in total. The van der Waals surface area contributed by atoms with Crippen LogP contribution in [0.3, 0.4) is 0 Å². The van der Waals surface area contributed by atoms with Crippen molar-refractivity contribution in [3.05, 3.63) is 76.4 Å². The molecule has 0 aliphatic heterocycles. The molecule has 0 saturated heterocycles. The zero-order chi connectivity index (χ0) is 18.8. The zero-order valence-corrected chi connectivity index (χ0v) is 16.0. The summed E-state index contributed by atoms with van der Waals surface area (Å²) in [6, 6.07) is 14.2. The quantitative estimate of drug-likeness (QED) is 0.642. The van der Waals surface area contributed by atoms with Gasteiger partial charge >= 0.3 is 6.09 Å². The highest BCUT2D eigenvalue weighted by Crippen LogP contribution is 2.21. The number of nitrogens with one attached hydrogen (secondary N) is 1. The number of aryl methyl sites for hydroxylation is 3. The normalized spacial score (nSPS) is 10.9. The van der Waals surface area contributed by atoms with Gasteiger partial charge in [-0.05, 0) is 48.4 Å². The summed E-state index contributed by atoms with van der Waals surface area (Å²) in [6.45, 7) is 7.40. The standard InChI is InChI=1S/C23H29NO2/c1-4-20-15-18(3)16-21(5-2)22(20)13-9-10-14-24-23(25)26-17-19-11-7-6-8-12-19/h6-9,11-13,15-16H,4-5,10,14,17H2,1-3H3,(H,24,25). The summed E-state index contributed by atoms with van der Waals surface area (Å²) in [4.78, 5) is 11.7. The number of ether oxygens (including phenoxy) is 1. The molecule has 0 atom stereocenters. The molecule has 2 aromatic rings.